The molecule has 0 heterocycles. The van der Waals surface area contributed by atoms with Gasteiger partial charge < -0.3 is 10.5 Å². The van der Waals surface area contributed by atoms with E-state index in [-0.39, 0.29) is 0 Å². The lowest BCUT2D eigenvalue weighted by Crippen LogP contribution is -1.84. The largest absolute Gasteiger partial charge is 0.727 e. The van der Waals surface area contributed by atoms with Crippen LogP contribution in [-0.4, -0.2) is 15.8 Å². The molecule has 0 aliphatic heterocycles. The zero-order chi connectivity index (χ0) is 4.00. The molecule has 0 saturated heterocycles. The third kappa shape index (κ3) is 50.7. The molecule has 0 unspecified atom stereocenters. The van der Waals surface area contributed by atoms with Crippen molar-refractivity contribution < 1.29 is 21.0 Å². The van der Waals surface area contributed by atoms with Gasteiger partial charge in [0.2, 0.25) is 0 Å². The van der Waals surface area contributed by atoms with Crippen LogP contribution in [0.3, 0.4) is 0 Å². The molecule has 0 fully saturated rings. The summed E-state index contributed by atoms with van der Waals surface area (Å²) in [6.45, 7) is 0. The molecule has 4 nitrogen and oxygen atoms in total. The van der Waals surface area contributed by atoms with Crippen molar-refractivity contribution in [3.05, 3.63) is 0 Å². The maximum absolute atomic E-state index is 7.25. The standard InChI is InChI=1S/2H2O2/c2*1-2/h2*1-2H/p-1. The Hall–Kier alpha value is -0.160. The van der Waals surface area contributed by atoms with Gasteiger partial charge in [-0.05, 0) is 0 Å². The first-order valence-corrected chi connectivity index (χ1v) is 0.383. The van der Waals surface area contributed by atoms with Gasteiger partial charge >= 0.3 is 0 Å². The van der Waals surface area contributed by atoms with Gasteiger partial charge in [-0.2, -0.15) is 0 Å². The maximum Gasteiger partial charge on any atom is -0.255 e. The topological polar surface area (TPSA) is 83.8 Å². The van der Waals surface area contributed by atoms with Crippen molar-refractivity contribution in [3.63, 3.8) is 0 Å². The highest BCUT2D eigenvalue weighted by molar-refractivity contribution is 1.82. The molecular formula is H3O4-. The molecule has 4 heavy (non-hydrogen) atoms. The van der Waals surface area contributed by atoms with E-state index in [2.05, 4.69) is 0 Å². The van der Waals surface area contributed by atoms with Crippen LogP contribution in [0.4, 0.5) is 0 Å². The van der Waals surface area contributed by atoms with Gasteiger partial charge in [0.25, 0.3) is 0 Å². The van der Waals surface area contributed by atoms with Crippen molar-refractivity contribution in [2.24, 2.45) is 0 Å². The van der Waals surface area contributed by atoms with E-state index in [0.29, 0.717) is 0 Å². The van der Waals surface area contributed by atoms with E-state index in [1.165, 1.54) is 0 Å². The summed E-state index contributed by atoms with van der Waals surface area (Å²) in [5.74, 6) is 0. The van der Waals surface area contributed by atoms with Gasteiger partial charge in [-0.3, -0.25) is 10.5 Å². The van der Waals surface area contributed by atoms with Crippen LogP contribution in [-0.2, 0) is 0 Å². The minimum atomic E-state index is 5.75. The minimum absolute atomic E-state index is 5.75. The Balaban J connectivity index is 0. The van der Waals surface area contributed by atoms with Crippen LogP contribution in [0.25, 0.3) is 0 Å². The molecule has 0 amide bonds. The van der Waals surface area contributed by atoms with Gasteiger partial charge in [-0.1, -0.05) is 0 Å². The molecule has 0 radical (unpaired) electrons. The Morgan fingerprint density at radius 3 is 1.00 bits per heavy atom. The zero-order valence-electron chi connectivity index (χ0n) is 1.75. The minimum Gasteiger partial charge on any atom is -0.727 e. The molecule has 0 saturated carbocycles. The summed E-state index contributed by atoms with van der Waals surface area (Å²) in [7, 11) is 0. The highest BCUT2D eigenvalue weighted by atomic mass is 17.0. The molecule has 0 aromatic rings. The first kappa shape index (κ1) is 9.15. The van der Waals surface area contributed by atoms with Gasteiger partial charge in [-0.15, -0.1) is 0 Å². The summed E-state index contributed by atoms with van der Waals surface area (Å²) >= 11 is 0. The molecule has 28 valence electrons. The van der Waals surface area contributed by atoms with Crippen LogP contribution in [0.15, 0.2) is 0 Å². The molecule has 0 aromatic carbocycles. The summed E-state index contributed by atoms with van der Waals surface area (Å²) in [4.78, 5) is 0. The fourth-order valence-electron chi connectivity index (χ4n) is 0. The van der Waals surface area contributed by atoms with Crippen LogP contribution < -0.4 is 5.26 Å². The summed E-state index contributed by atoms with van der Waals surface area (Å²) in [5, 5.41) is 25.0. The highest BCUT2D eigenvalue weighted by Gasteiger charge is 0.745. The van der Waals surface area contributed by atoms with Gasteiger partial charge in [0, 0.05) is 0 Å². The van der Waals surface area contributed by atoms with Crippen molar-refractivity contribution in [1.29, 1.82) is 0 Å². The fraction of sp³-hybridized carbons (Fsp3) is 0. The van der Waals surface area contributed by atoms with Crippen LogP contribution in [0.1, 0.15) is 0 Å². The van der Waals surface area contributed by atoms with E-state index >= 15 is 0 Å². The molecule has 0 aliphatic rings. The van der Waals surface area contributed by atoms with E-state index in [0.717, 1.165) is 0 Å². The third-order valence-electron chi connectivity index (χ3n) is 0. The fourth-order valence-corrected chi connectivity index (χ4v) is 0. The van der Waals surface area contributed by atoms with Crippen LogP contribution in [0.2, 0.25) is 0 Å². The summed E-state index contributed by atoms with van der Waals surface area (Å²) in [5.41, 5.74) is 0. The summed E-state index contributed by atoms with van der Waals surface area (Å²) < 4.78 is 0. The molecule has 0 aliphatic carbocycles. The lowest BCUT2D eigenvalue weighted by Gasteiger charge is -1.61. The molecule has 0 atom stereocenters. The third-order valence-corrected chi connectivity index (χ3v) is 0. The molecule has 4 heteroatoms. The van der Waals surface area contributed by atoms with Gasteiger partial charge in [0.15, 0.2) is 0 Å². The van der Waals surface area contributed by atoms with Gasteiger partial charge in [-0.25, -0.2) is 0 Å². The van der Waals surface area contributed by atoms with Crippen molar-refractivity contribution in [2.75, 3.05) is 0 Å². The lowest BCUT2D eigenvalue weighted by molar-refractivity contribution is -0.670. The van der Waals surface area contributed by atoms with Crippen molar-refractivity contribution in [1.82, 2.24) is 0 Å². The molecule has 3 N–H and O–H groups in total. The Bertz CT molecular complexity index is 0. The summed E-state index contributed by atoms with van der Waals surface area (Å²) in [6.07, 6.45) is 0. The Morgan fingerprint density at radius 2 is 1.00 bits per heavy atom. The lowest BCUT2D eigenvalue weighted by atomic mass is 15.0. The van der Waals surface area contributed by atoms with Crippen molar-refractivity contribution >= 4 is 0 Å². The average Bonchev–Trinajstić information content (AvgIpc) is 1.50. The van der Waals surface area contributed by atoms with E-state index in [4.69, 9.17) is 21.0 Å². The number of rotatable bonds is 0. The van der Waals surface area contributed by atoms with Crippen LogP contribution >= 0.6 is 0 Å². The second-order valence-electron chi connectivity index (χ2n) is 0. The second-order valence-corrected chi connectivity index (χ2v) is 0. The van der Waals surface area contributed by atoms with Crippen LogP contribution in [0.5, 0.6) is 0 Å². The normalized spacial score (nSPS) is 3.00. The molecule has 0 rings (SSSR count). The van der Waals surface area contributed by atoms with Crippen molar-refractivity contribution in [3.8, 4) is 0 Å². The van der Waals surface area contributed by atoms with Gasteiger partial charge in [0.05, 0.1) is 0 Å². The average molecular weight is 67.0 g/mol. The van der Waals surface area contributed by atoms with E-state index in [9.17, 15) is 0 Å². The SMILES string of the molecule is OO.[O-]O. The first-order chi connectivity index (χ1) is 2.00. The number of hydrogen-bond acceptors (Lipinski definition) is 4. The van der Waals surface area contributed by atoms with E-state index in [1.54, 1.807) is 0 Å². The molecule has 0 bridgehead atoms. The predicted molar refractivity (Wildman–Crippen MR) is 7.89 cm³/mol. The molecule has 0 spiro atoms. The zero-order valence-corrected chi connectivity index (χ0v) is 1.75. The molecular weight excluding hydrogens is 64.0 g/mol. The van der Waals surface area contributed by atoms with Gasteiger partial charge in [0.1, 0.15) is 0 Å². The van der Waals surface area contributed by atoms with Crippen LogP contribution in [0, 0.1) is 0 Å². The summed E-state index contributed by atoms with van der Waals surface area (Å²) in [6, 6.07) is 0. The van der Waals surface area contributed by atoms with Crippen molar-refractivity contribution in [2.45, 2.75) is 0 Å². The highest BCUT2D eigenvalue weighted by Crippen LogP contribution is 0.711. The first-order valence-electron chi connectivity index (χ1n) is 0.383. The predicted octanol–water partition coefficient (Wildman–Crippen LogP) is -1.16. The quantitative estimate of drug-likeness (QED) is 0.246. The maximum atomic E-state index is 7.25. The smallest absolute Gasteiger partial charge is 0.255 e. The number of hydrogen-bond donors (Lipinski definition) is 3. The molecule has 0 aromatic heterocycles. The van der Waals surface area contributed by atoms with E-state index < -0.39 is 0 Å². The van der Waals surface area contributed by atoms with E-state index in [1.807, 2.05) is 0 Å². The Morgan fingerprint density at radius 1 is 1.00 bits per heavy atom. The Kier molecular flexibility index (Phi) is 859. The second kappa shape index (κ2) is 376. The monoisotopic (exact) mass is 67.0 g/mol. The Labute approximate surface area is 22.4 Å².